The Bertz CT molecular complexity index is 1270. The summed E-state index contributed by atoms with van der Waals surface area (Å²) in [6.45, 7) is 1.45. The highest BCUT2D eigenvalue weighted by atomic mass is 32.2. The Labute approximate surface area is 187 Å². The molecule has 0 saturated carbocycles. The maximum atomic E-state index is 12.5. The number of nitrogens with zero attached hydrogens (tertiary/aromatic N) is 2. The molecular formula is C24H23N3O4S. The Balaban J connectivity index is 1.25. The van der Waals surface area contributed by atoms with Crippen molar-refractivity contribution in [2.75, 3.05) is 26.2 Å². The van der Waals surface area contributed by atoms with E-state index in [2.05, 4.69) is 22.1 Å². The van der Waals surface area contributed by atoms with Crippen LogP contribution < -0.4 is 10.1 Å². The summed E-state index contributed by atoms with van der Waals surface area (Å²) in [6, 6.07) is 15.5. The van der Waals surface area contributed by atoms with E-state index in [4.69, 9.17) is 4.74 Å². The number of rotatable bonds is 6. The van der Waals surface area contributed by atoms with Gasteiger partial charge in [0, 0.05) is 36.3 Å². The van der Waals surface area contributed by atoms with Crippen LogP contribution in [0.25, 0.3) is 10.9 Å². The quantitative estimate of drug-likeness (QED) is 0.585. The zero-order chi connectivity index (χ0) is 22.4. The van der Waals surface area contributed by atoms with Gasteiger partial charge >= 0.3 is 0 Å². The predicted molar refractivity (Wildman–Crippen MR) is 122 cm³/mol. The summed E-state index contributed by atoms with van der Waals surface area (Å²) < 4.78 is 32.2. The van der Waals surface area contributed by atoms with E-state index in [-0.39, 0.29) is 24.0 Å². The average Bonchev–Trinajstić information content (AvgIpc) is 3.37. The van der Waals surface area contributed by atoms with Crippen LogP contribution in [0, 0.1) is 11.8 Å². The maximum Gasteiger partial charge on any atom is 0.252 e. The lowest BCUT2D eigenvalue weighted by atomic mass is 10.2. The van der Waals surface area contributed by atoms with Crippen LogP contribution in [0.15, 0.2) is 65.7 Å². The van der Waals surface area contributed by atoms with E-state index >= 15 is 0 Å². The Kier molecular flexibility index (Phi) is 6.69. The molecule has 0 bridgehead atoms. The molecule has 1 aliphatic rings. The fraction of sp³-hybridized carbons (Fsp3) is 0.250. The molecule has 1 N–H and O–H groups in total. The second-order valence-electron chi connectivity index (χ2n) is 7.32. The molecule has 0 atom stereocenters. The van der Waals surface area contributed by atoms with Gasteiger partial charge in [-0.3, -0.25) is 9.78 Å². The minimum absolute atomic E-state index is 0.162. The molecule has 1 fully saturated rings. The van der Waals surface area contributed by atoms with E-state index in [0.717, 1.165) is 23.7 Å². The predicted octanol–water partition coefficient (Wildman–Crippen LogP) is 2.83. The highest BCUT2D eigenvalue weighted by Gasteiger charge is 2.27. The number of carbonyl (C=O) groups is 1. The number of hydrogen-bond donors (Lipinski definition) is 1. The average molecular weight is 450 g/mol. The van der Waals surface area contributed by atoms with E-state index in [1.807, 2.05) is 30.3 Å². The van der Waals surface area contributed by atoms with Crippen LogP contribution in [-0.2, 0) is 10.0 Å². The van der Waals surface area contributed by atoms with Gasteiger partial charge in [0.2, 0.25) is 10.0 Å². The zero-order valence-corrected chi connectivity index (χ0v) is 18.3. The first-order chi connectivity index (χ1) is 15.5. The molecule has 32 heavy (non-hydrogen) atoms. The van der Waals surface area contributed by atoms with Crippen molar-refractivity contribution < 1.29 is 17.9 Å². The van der Waals surface area contributed by atoms with Gasteiger partial charge in [0.15, 0.2) is 0 Å². The molecule has 1 saturated heterocycles. The van der Waals surface area contributed by atoms with E-state index in [1.165, 1.54) is 28.6 Å². The molecule has 3 aromatic rings. The van der Waals surface area contributed by atoms with Crippen molar-refractivity contribution in [2.45, 2.75) is 17.7 Å². The molecular weight excluding hydrogens is 426 g/mol. The fourth-order valence-electron chi connectivity index (χ4n) is 3.45. The normalized spacial score (nSPS) is 14.0. The van der Waals surface area contributed by atoms with Crippen LogP contribution in [0.2, 0.25) is 0 Å². The summed E-state index contributed by atoms with van der Waals surface area (Å²) in [5.41, 5.74) is 1.23. The molecule has 1 aliphatic heterocycles. The molecule has 2 aromatic carbocycles. The standard InChI is InChI=1S/C24H23N3O4S/c28-24(20-8-11-22(12-9-20)32(29,30)27-15-2-3-16-27)26-13-1-4-17-31-21-10-7-19-6-5-14-25-23(19)18-21/h5-12,14,18H,2-3,13,15-17H2,(H,26,28). The minimum atomic E-state index is -3.48. The van der Waals surface area contributed by atoms with Crippen LogP contribution >= 0.6 is 0 Å². The molecule has 0 aliphatic carbocycles. The number of nitrogens with one attached hydrogen (secondary N) is 1. The van der Waals surface area contributed by atoms with E-state index < -0.39 is 10.0 Å². The maximum absolute atomic E-state index is 12.5. The number of amides is 1. The number of aromatic nitrogens is 1. The SMILES string of the molecule is O=C(NCC#CCOc1ccc2cccnc2c1)c1ccc(S(=O)(=O)N2CCCC2)cc1. The zero-order valence-electron chi connectivity index (χ0n) is 17.5. The lowest BCUT2D eigenvalue weighted by molar-refractivity contribution is 0.0958. The van der Waals surface area contributed by atoms with Gasteiger partial charge in [-0.05, 0) is 55.3 Å². The van der Waals surface area contributed by atoms with Gasteiger partial charge in [-0.1, -0.05) is 17.9 Å². The third kappa shape index (κ3) is 5.07. The minimum Gasteiger partial charge on any atom is -0.481 e. The van der Waals surface area contributed by atoms with Gasteiger partial charge in [-0.15, -0.1) is 0 Å². The second-order valence-corrected chi connectivity index (χ2v) is 9.26. The largest absolute Gasteiger partial charge is 0.481 e. The fourth-order valence-corrected chi connectivity index (χ4v) is 4.97. The number of pyridine rings is 1. The number of ether oxygens (including phenoxy) is 1. The van der Waals surface area contributed by atoms with Gasteiger partial charge in [-0.2, -0.15) is 4.31 Å². The van der Waals surface area contributed by atoms with Crippen LogP contribution in [0.3, 0.4) is 0 Å². The van der Waals surface area contributed by atoms with Crippen LogP contribution in [0.5, 0.6) is 5.75 Å². The molecule has 1 amide bonds. The van der Waals surface area contributed by atoms with Crippen LogP contribution in [0.1, 0.15) is 23.2 Å². The van der Waals surface area contributed by atoms with Crippen molar-refractivity contribution in [2.24, 2.45) is 0 Å². The van der Waals surface area contributed by atoms with Gasteiger partial charge in [-0.25, -0.2) is 8.42 Å². The Morgan fingerprint density at radius 1 is 1.06 bits per heavy atom. The molecule has 0 unspecified atom stereocenters. The first kappa shape index (κ1) is 21.8. The van der Waals surface area contributed by atoms with Crippen molar-refractivity contribution >= 4 is 26.8 Å². The molecule has 7 nitrogen and oxygen atoms in total. The first-order valence-corrected chi connectivity index (χ1v) is 11.8. The molecule has 1 aromatic heterocycles. The Morgan fingerprint density at radius 2 is 1.84 bits per heavy atom. The van der Waals surface area contributed by atoms with Gasteiger partial charge in [0.05, 0.1) is 17.0 Å². The smallest absolute Gasteiger partial charge is 0.252 e. The van der Waals surface area contributed by atoms with Crippen molar-refractivity contribution in [1.82, 2.24) is 14.6 Å². The molecule has 0 spiro atoms. The molecule has 2 heterocycles. The van der Waals surface area contributed by atoms with Gasteiger partial charge in [0.1, 0.15) is 12.4 Å². The highest BCUT2D eigenvalue weighted by molar-refractivity contribution is 7.89. The molecule has 8 heteroatoms. The van der Waals surface area contributed by atoms with Crippen molar-refractivity contribution in [3.63, 3.8) is 0 Å². The van der Waals surface area contributed by atoms with Crippen molar-refractivity contribution in [3.8, 4) is 17.6 Å². The van der Waals surface area contributed by atoms with Crippen molar-refractivity contribution in [1.29, 1.82) is 0 Å². The van der Waals surface area contributed by atoms with Gasteiger partial charge < -0.3 is 10.1 Å². The Hall–Kier alpha value is -3.41. The number of benzene rings is 2. The van der Waals surface area contributed by atoms with E-state index in [0.29, 0.717) is 24.4 Å². The van der Waals surface area contributed by atoms with Crippen LogP contribution in [-0.4, -0.2) is 49.9 Å². The van der Waals surface area contributed by atoms with Gasteiger partial charge in [0.25, 0.3) is 5.91 Å². The second kappa shape index (κ2) is 9.81. The molecule has 164 valence electrons. The van der Waals surface area contributed by atoms with E-state index in [9.17, 15) is 13.2 Å². The highest BCUT2D eigenvalue weighted by Crippen LogP contribution is 2.21. The van der Waals surface area contributed by atoms with Crippen LogP contribution in [0.4, 0.5) is 0 Å². The molecule has 4 rings (SSSR count). The third-order valence-corrected chi connectivity index (χ3v) is 7.08. The van der Waals surface area contributed by atoms with E-state index in [1.54, 1.807) is 6.20 Å². The van der Waals surface area contributed by atoms with Crippen molar-refractivity contribution in [3.05, 3.63) is 66.4 Å². The number of carbonyl (C=O) groups excluding carboxylic acids is 1. The number of sulfonamides is 1. The summed E-state index contributed by atoms with van der Waals surface area (Å²) in [6.07, 6.45) is 3.49. The summed E-state index contributed by atoms with van der Waals surface area (Å²) >= 11 is 0. The number of hydrogen-bond acceptors (Lipinski definition) is 5. The summed E-state index contributed by atoms with van der Waals surface area (Å²) in [4.78, 5) is 16.8. The summed E-state index contributed by atoms with van der Waals surface area (Å²) in [7, 11) is -3.48. The Morgan fingerprint density at radius 3 is 2.62 bits per heavy atom. The summed E-state index contributed by atoms with van der Waals surface area (Å²) in [5, 5.41) is 3.73. The lowest BCUT2D eigenvalue weighted by Gasteiger charge is -2.15. The molecule has 0 radical (unpaired) electrons. The first-order valence-electron chi connectivity index (χ1n) is 10.4. The summed E-state index contributed by atoms with van der Waals surface area (Å²) in [5.74, 6) is 6.06. The monoisotopic (exact) mass is 449 g/mol. The lowest BCUT2D eigenvalue weighted by Crippen LogP contribution is -2.28. The third-order valence-electron chi connectivity index (χ3n) is 5.17. The number of fused-ring (bicyclic) bond motifs is 1. The topological polar surface area (TPSA) is 88.6 Å².